The van der Waals surface area contributed by atoms with Crippen LogP contribution in [0.2, 0.25) is 0 Å². The Hall–Kier alpha value is -1.06. The van der Waals surface area contributed by atoms with E-state index in [1.807, 2.05) is 0 Å². The number of esters is 1. The molecule has 0 aromatic heterocycles. The van der Waals surface area contributed by atoms with E-state index in [2.05, 4.69) is 23.9 Å². The van der Waals surface area contributed by atoms with Crippen LogP contribution in [0.15, 0.2) is 0 Å². The van der Waals surface area contributed by atoms with Crippen molar-refractivity contribution in [1.29, 1.82) is 0 Å². The van der Waals surface area contributed by atoms with Crippen molar-refractivity contribution in [3.8, 4) is 0 Å². The molecule has 1 N–H and O–H groups in total. The molecule has 3 fully saturated rings. The number of nitrogens with one attached hydrogen (secondary N) is 1. The van der Waals surface area contributed by atoms with E-state index < -0.39 is 5.97 Å². The number of methoxy groups -OCH3 is 1. The third-order valence-electron chi connectivity index (χ3n) is 5.10. The zero-order chi connectivity index (χ0) is 13.3. The maximum Gasteiger partial charge on any atom is 0.315 e. The van der Waals surface area contributed by atoms with Crippen LogP contribution in [-0.2, 0) is 14.3 Å². The normalized spacial score (nSPS) is 32.3. The summed E-state index contributed by atoms with van der Waals surface area (Å²) < 4.78 is 4.47. The third-order valence-corrected chi connectivity index (χ3v) is 5.10. The van der Waals surface area contributed by atoms with Gasteiger partial charge in [0, 0.05) is 6.54 Å². The quantitative estimate of drug-likeness (QED) is 0.613. The van der Waals surface area contributed by atoms with Crippen LogP contribution in [0.4, 0.5) is 0 Å². The van der Waals surface area contributed by atoms with E-state index in [1.165, 1.54) is 26.4 Å². The first-order chi connectivity index (χ1) is 8.45. The molecule has 3 aliphatic rings. The second-order valence-corrected chi connectivity index (χ2v) is 6.25. The first kappa shape index (κ1) is 13.4. The highest BCUT2D eigenvalue weighted by Crippen LogP contribution is 2.61. The monoisotopic (exact) mass is 253 g/mol. The third kappa shape index (κ3) is 2.38. The summed E-state index contributed by atoms with van der Waals surface area (Å²) in [4.78, 5) is 22.5. The first-order valence-corrected chi connectivity index (χ1v) is 6.78. The lowest BCUT2D eigenvalue weighted by Gasteiger charge is -2.60. The number of carbonyl (C=O) groups is 2. The molecule has 3 atom stereocenters. The summed E-state index contributed by atoms with van der Waals surface area (Å²) in [5.41, 5.74) is 0.440. The van der Waals surface area contributed by atoms with Crippen molar-refractivity contribution in [2.45, 2.75) is 39.5 Å². The summed E-state index contributed by atoms with van der Waals surface area (Å²) in [6.07, 6.45) is 3.63. The number of fused-ring (bicyclic) bond motifs is 2. The molecule has 0 aromatic rings. The van der Waals surface area contributed by atoms with Crippen LogP contribution >= 0.6 is 0 Å². The van der Waals surface area contributed by atoms with E-state index in [0.717, 1.165) is 11.8 Å². The molecule has 3 unspecified atom stereocenters. The average molecular weight is 253 g/mol. The Balaban J connectivity index is 1.77. The molecule has 0 radical (unpaired) electrons. The number of ether oxygens (including phenoxy) is 1. The summed E-state index contributed by atoms with van der Waals surface area (Å²) in [5, 5.41) is 2.87. The molecule has 0 saturated heterocycles. The van der Waals surface area contributed by atoms with Crippen molar-refractivity contribution < 1.29 is 14.3 Å². The standard InChI is InChI=1S/C14H23NO3/c1-14(2)10-5-4-9(11(14)6-10)8-15-12(16)7-13(17)18-3/h9-11H,4-8H2,1-3H3,(H,15,16). The van der Waals surface area contributed by atoms with Crippen molar-refractivity contribution >= 4 is 11.9 Å². The number of hydrogen-bond acceptors (Lipinski definition) is 3. The zero-order valence-corrected chi connectivity index (χ0v) is 11.5. The highest BCUT2D eigenvalue weighted by molar-refractivity contribution is 5.94. The Morgan fingerprint density at radius 1 is 1.33 bits per heavy atom. The topological polar surface area (TPSA) is 55.4 Å². The van der Waals surface area contributed by atoms with Gasteiger partial charge in [0.2, 0.25) is 5.91 Å². The van der Waals surface area contributed by atoms with E-state index >= 15 is 0 Å². The van der Waals surface area contributed by atoms with Crippen LogP contribution in [0.1, 0.15) is 39.5 Å². The minimum Gasteiger partial charge on any atom is -0.469 e. The van der Waals surface area contributed by atoms with E-state index in [-0.39, 0.29) is 12.3 Å². The minimum absolute atomic E-state index is 0.167. The fourth-order valence-corrected chi connectivity index (χ4v) is 3.72. The van der Waals surface area contributed by atoms with Crippen LogP contribution < -0.4 is 5.32 Å². The molecule has 3 rings (SSSR count). The molecular formula is C14H23NO3. The maximum atomic E-state index is 11.5. The summed E-state index contributed by atoms with van der Waals surface area (Å²) >= 11 is 0. The Morgan fingerprint density at radius 3 is 2.61 bits per heavy atom. The van der Waals surface area contributed by atoms with Gasteiger partial charge in [-0.2, -0.15) is 0 Å². The molecule has 3 saturated carbocycles. The van der Waals surface area contributed by atoms with Crippen molar-refractivity contribution in [3.05, 3.63) is 0 Å². The molecule has 102 valence electrons. The molecule has 4 heteroatoms. The summed E-state index contributed by atoms with van der Waals surface area (Å²) in [5.74, 6) is 1.49. The summed E-state index contributed by atoms with van der Waals surface area (Å²) in [7, 11) is 1.30. The maximum absolute atomic E-state index is 11.5. The molecular weight excluding hydrogens is 230 g/mol. The zero-order valence-electron chi connectivity index (χ0n) is 11.5. The Morgan fingerprint density at radius 2 is 2.06 bits per heavy atom. The first-order valence-electron chi connectivity index (χ1n) is 6.78. The lowest BCUT2D eigenvalue weighted by molar-refractivity contribution is -0.144. The fourth-order valence-electron chi connectivity index (χ4n) is 3.72. The second-order valence-electron chi connectivity index (χ2n) is 6.25. The highest BCUT2D eigenvalue weighted by Gasteiger charge is 2.53. The van der Waals surface area contributed by atoms with Gasteiger partial charge in [-0.15, -0.1) is 0 Å². The van der Waals surface area contributed by atoms with Crippen molar-refractivity contribution in [2.75, 3.05) is 13.7 Å². The Labute approximate surface area is 108 Å². The average Bonchev–Trinajstić information content (AvgIpc) is 2.36. The number of carbonyl (C=O) groups excluding carboxylic acids is 2. The molecule has 0 spiro atoms. The van der Waals surface area contributed by atoms with Gasteiger partial charge in [0.05, 0.1) is 7.11 Å². The SMILES string of the molecule is COC(=O)CC(=O)NCC1CCC2CC1C2(C)C. The van der Waals surface area contributed by atoms with E-state index in [4.69, 9.17) is 0 Å². The number of rotatable bonds is 4. The molecule has 1 amide bonds. The molecule has 18 heavy (non-hydrogen) atoms. The Bertz CT molecular complexity index is 349. The van der Waals surface area contributed by atoms with E-state index in [0.29, 0.717) is 17.9 Å². The van der Waals surface area contributed by atoms with Crippen molar-refractivity contribution in [2.24, 2.45) is 23.2 Å². The molecule has 0 heterocycles. The highest BCUT2D eigenvalue weighted by atomic mass is 16.5. The largest absolute Gasteiger partial charge is 0.469 e. The van der Waals surface area contributed by atoms with Gasteiger partial charge in [0.15, 0.2) is 0 Å². The molecule has 3 aliphatic carbocycles. The summed E-state index contributed by atoms with van der Waals surface area (Å²) in [6.45, 7) is 5.39. The van der Waals surface area contributed by atoms with E-state index in [1.54, 1.807) is 0 Å². The van der Waals surface area contributed by atoms with Crippen LogP contribution in [0, 0.1) is 23.2 Å². The minimum atomic E-state index is -0.472. The smallest absolute Gasteiger partial charge is 0.315 e. The number of hydrogen-bond donors (Lipinski definition) is 1. The fraction of sp³-hybridized carbons (Fsp3) is 0.857. The summed E-state index contributed by atoms with van der Waals surface area (Å²) in [6, 6.07) is 0. The molecule has 0 aromatic carbocycles. The lowest BCUT2D eigenvalue weighted by Crippen LogP contribution is -2.54. The lowest BCUT2D eigenvalue weighted by atomic mass is 9.45. The Kier molecular flexibility index (Phi) is 3.64. The predicted molar refractivity (Wildman–Crippen MR) is 67.7 cm³/mol. The van der Waals surface area contributed by atoms with Crippen LogP contribution in [0.5, 0.6) is 0 Å². The molecule has 0 aliphatic heterocycles. The van der Waals surface area contributed by atoms with Gasteiger partial charge in [0.1, 0.15) is 6.42 Å². The molecule has 2 bridgehead atoms. The van der Waals surface area contributed by atoms with Gasteiger partial charge in [-0.25, -0.2) is 0 Å². The van der Waals surface area contributed by atoms with E-state index in [9.17, 15) is 9.59 Å². The van der Waals surface area contributed by atoms with Crippen molar-refractivity contribution in [1.82, 2.24) is 5.32 Å². The van der Waals surface area contributed by atoms with Gasteiger partial charge in [-0.3, -0.25) is 9.59 Å². The van der Waals surface area contributed by atoms with Gasteiger partial charge in [0.25, 0.3) is 0 Å². The van der Waals surface area contributed by atoms with Gasteiger partial charge in [-0.05, 0) is 42.4 Å². The van der Waals surface area contributed by atoms with Crippen LogP contribution in [0.25, 0.3) is 0 Å². The van der Waals surface area contributed by atoms with Crippen LogP contribution in [0.3, 0.4) is 0 Å². The van der Waals surface area contributed by atoms with Crippen molar-refractivity contribution in [3.63, 3.8) is 0 Å². The van der Waals surface area contributed by atoms with Crippen LogP contribution in [-0.4, -0.2) is 25.5 Å². The number of amides is 1. The van der Waals surface area contributed by atoms with Gasteiger partial charge < -0.3 is 10.1 Å². The second kappa shape index (κ2) is 4.90. The van der Waals surface area contributed by atoms with Gasteiger partial charge in [-0.1, -0.05) is 13.8 Å². The molecule has 4 nitrogen and oxygen atoms in total. The predicted octanol–water partition coefficient (Wildman–Crippen LogP) is 1.74. The van der Waals surface area contributed by atoms with Gasteiger partial charge >= 0.3 is 5.97 Å².